The summed E-state index contributed by atoms with van der Waals surface area (Å²) >= 11 is 6.06. The Morgan fingerprint density at radius 1 is 1.46 bits per heavy atom. The Morgan fingerprint density at radius 2 is 2.08 bits per heavy atom. The zero-order valence-corrected chi connectivity index (χ0v) is 16.0. The maximum absolute atomic E-state index is 13.0. The normalized spacial score (nSPS) is 16.4. The summed E-state index contributed by atoms with van der Waals surface area (Å²) in [6, 6.07) is 1.31. The van der Waals surface area contributed by atoms with Crippen molar-refractivity contribution >= 4 is 23.6 Å². The first-order valence-corrected chi connectivity index (χ1v) is 7.16. The molecule has 0 N–H and O–H groups in total. The van der Waals surface area contributed by atoms with Crippen LogP contribution in [-0.2, 0) is 4.79 Å². The number of aliphatic carboxylic acids is 1. The zero-order valence-electron chi connectivity index (χ0n) is 13.3. The van der Waals surface area contributed by atoms with Crippen LogP contribution in [0.25, 0.3) is 6.08 Å². The van der Waals surface area contributed by atoms with Crippen LogP contribution in [0.1, 0.15) is 24.5 Å². The molecule has 9 heteroatoms. The minimum Gasteiger partial charge on any atom is -0.545 e. The van der Waals surface area contributed by atoms with E-state index in [0.717, 1.165) is 6.08 Å². The summed E-state index contributed by atoms with van der Waals surface area (Å²) in [5.41, 5.74) is -0.581. The van der Waals surface area contributed by atoms with E-state index in [1.807, 2.05) is 6.92 Å². The number of carboxylic acid groups (broad SMARTS) is 1. The number of hydrogen-bond donors (Lipinski definition) is 0. The average Bonchev–Trinajstić information content (AvgIpc) is 2.44. The van der Waals surface area contributed by atoms with Crippen molar-refractivity contribution in [1.82, 2.24) is 0 Å². The van der Waals surface area contributed by atoms with E-state index >= 15 is 0 Å². The van der Waals surface area contributed by atoms with Gasteiger partial charge in [-0.15, -0.1) is 0 Å². The van der Waals surface area contributed by atoms with E-state index in [0.29, 0.717) is 13.0 Å². The summed E-state index contributed by atoms with van der Waals surface area (Å²) in [5.74, 6) is -1.83. The van der Waals surface area contributed by atoms with Crippen LogP contribution in [-0.4, -0.2) is 24.9 Å². The fourth-order valence-electron chi connectivity index (χ4n) is 2.24. The molecule has 0 aromatic heterocycles. The smallest absolute Gasteiger partial charge is 0.545 e. The molecule has 1 atom stereocenters. The van der Waals surface area contributed by atoms with Gasteiger partial charge in [0, 0.05) is 16.7 Å². The van der Waals surface area contributed by atoms with Gasteiger partial charge in [-0.2, -0.15) is 13.2 Å². The summed E-state index contributed by atoms with van der Waals surface area (Å²) in [6.45, 7) is 3.70. The Balaban J connectivity index is 0.00000288. The number of hydrogen-bond acceptors (Lipinski definition) is 4. The molecule has 1 aliphatic rings. The van der Waals surface area contributed by atoms with E-state index in [4.69, 9.17) is 21.1 Å². The quantitative estimate of drug-likeness (QED) is 0.693. The van der Waals surface area contributed by atoms with Gasteiger partial charge in [0.1, 0.15) is 11.5 Å². The van der Waals surface area contributed by atoms with E-state index in [2.05, 4.69) is 0 Å². The molecule has 4 nitrogen and oxygen atoms in total. The molecule has 24 heavy (non-hydrogen) atoms. The van der Waals surface area contributed by atoms with Gasteiger partial charge in [-0.1, -0.05) is 18.5 Å². The Hall–Kier alpha value is -0.890. The Morgan fingerprint density at radius 3 is 2.58 bits per heavy atom. The van der Waals surface area contributed by atoms with Gasteiger partial charge in [-0.05, 0) is 25.5 Å². The number of carbonyl (C=O) groups excluding carboxylic acids is 1. The van der Waals surface area contributed by atoms with E-state index in [9.17, 15) is 23.1 Å². The maximum atomic E-state index is 13.0. The molecule has 0 aliphatic carbocycles. The van der Waals surface area contributed by atoms with E-state index < -0.39 is 23.8 Å². The average molecular weight is 373 g/mol. The topological polar surface area (TPSA) is 58.6 Å². The van der Waals surface area contributed by atoms with Gasteiger partial charge in [0.15, 0.2) is 0 Å². The van der Waals surface area contributed by atoms with E-state index in [1.54, 1.807) is 0 Å². The molecule has 0 saturated carbocycles. The number of benzene rings is 1. The number of fused-ring (bicyclic) bond motifs is 1. The van der Waals surface area contributed by atoms with Crippen molar-refractivity contribution in [3.05, 3.63) is 27.8 Å². The third-order valence-corrected chi connectivity index (χ3v) is 3.54. The van der Waals surface area contributed by atoms with Crippen LogP contribution in [0, 0.1) is 6.92 Å². The van der Waals surface area contributed by atoms with Crippen molar-refractivity contribution in [1.29, 1.82) is 0 Å². The van der Waals surface area contributed by atoms with Crippen molar-refractivity contribution in [2.75, 3.05) is 6.61 Å². The van der Waals surface area contributed by atoms with Gasteiger partial charge >= 0.3 is 35.7 Å². The van der Waals surface area contributed by atoms with Gasteiger partial charge in [-0.3, -0.25) is 0 Å². The predicted molar refractivity (Wildman–Crippen MR) is 75.4 cm³/mol. The first-order valence-electron chi connectivity index (χ1n) is 6.79. The Kier molecular flexibility index (Phi) is 7.04. The molecule has 0 bridgehead atoms. The Bertz CT molecular complexity index is 674. The molecule has 0 saturated heterocycles. The van der Waals surface area contributed by atoms with Gasteiger partial charge in [0.25, 0.3) is 0 Å². The van der Waals surface area contributed by atoms with Crippen LogP contribution in [0.4, 0.5) is 13.2 Å². The molecule has 1 aromatic rings. The van der Waals surface area contributed by atoms with Gasteiger partial charge in [0.05, 0.1) is 17.6 Å². The number of alkyl halides is 3. The summed E-state index contributed by atoms with van der Waals surface area (Å²) in [4.78, 5) is 11.0. The third-order valence-electron chi connectivity index (χ3n) is 3.26. The SMILES string of the molecule is CCCOc1c(Cl)cc2c(c1C)OC(C(F)(F)F)C(C(=O)[O-])=C2.[Na+]. The molecule has 0 spiro atoms. The molecule has 2 rings (SSSR count). The summed E-state index contributed by atoms with van der Waals surface area (Å²) < 4.78 is 49.5. The van der Waals surface area contributed by atoms with Crippen molar-refractivity contribution in [2.45, 2.75) is 32.5 Å². The first-order chi connectivity index (χ1) is 10.7. The number of ether oxygens (including phenoxy) is 2. The second kappa shape index (κ2) is 7.99. The van der Waals surface area contributed by atoms with Crippen molar-refractivity contribution < 1.29 is 62.1 Å². The molecule has 0 amide bonds. The maximum Gasteiger partial charge on any atom is 1.00 e. The van der Waals surface area contributed by atoms with E-state index in [-0.39, 0.29) is 57.2 Å². The van der Waals surface area contributed by atoms with Crippen molar-refractivity contribution in [3.63, 3.8) is 0 Å². The Labute approximate surface area is 163 Å². The molecular formula is C15H13ClF3NaO4. The molecule has 0 fully saturated rings. The van der Waals surface area contributed by atoms with Gasteiger partial charge in [-0.25, -0.2) is 0 Å². The summed E-state index contributed by atoms with van der Waals surface area (Å²) in [7, 11) is 0. The minimum atomic E-state index is -4.89. The predicted octanol–water partition coefficient (Wildman–Crippen LogP) is -0.102. The monoisotopic (exact) mass is 372 g/mol. The number of halogens is 4. The molecule has 1 heterocycles. The number of carbonyl (C=O) groups is 1. The standard InChI is InChI=1S/C15H14ClF3O4.Na/c1-3-4-22-12-7(2)11-8(6-10(12)16)5-9(14(20)21)13(23-11)15(17,18)19;/h5-6,13H,3-4H2,1-2H3,(H,20,21);/q;+1/p-1. The molecule has 1 unspecified atom stereocenters. The summed E-state index contributed by atoms with van der Waals surface area (Å²) in [6.07, 6.45) is -5.93. The minimum absolute atomic E-state index is 0. The molecule has 1 aliphatic heterocycles. The van der Waals surface area contributed by atoms with Crippen molar-refractivity contribution in [2.24, 2.45) is 0 Å². The van der Waals surface area contributed by atoms with Gasteiger partial charge in [0.2, 0.25) is 6.10 Å². The number of rotatable bonds is 4. The third kappa shape index (κ3) is 4.20. The number of carboxylic acids is 1. The first kappa shape index (κ1) is 21.2. The molecule has 0 radical (unpaired) electrons. The van der Waals surface area contributed by atoms with E-state index in [1.165, 1.54) is 13.0 Å². The fraction of sp³-hybridized carbons (Fsp3) is 0.400. The van der Waals surface area contributed by atoms with Crippen LogP contribution in [0.2, 0.25) is 5.02 Å². The van der Waals surface area contributed by atoms with Crippen LogP contribution in [0.3, 0.4) is 0 Å². The fourth-order valence-corrected chi connectivity index (χ4v) is 2.56. The molecule has 1 aromatic carbocycles. The molecular weight excluding hydrogens is 360 g/mol. The summed E-state index contributed by atoms with van der Waals surface area (Å²) in [5, 5.41) is 11.1. The van der Waals surface area contributed by atoms with Crippen LogP contribution in [0.15, 0.2) is 11.6 Å². The zero-order chi connectivity index (χ0) is 17.4. The largest absolute Gasteiger partial charge is 1.00 e. The van der Waals surface area contributed by atoms with Gasteiger partial charge < -0.3 is 19.4 Å². The van der Waals surface area contributed by atoms with Crippen molar-refractivity contribution in [3.8, 4) is 11.5 Å². The second-order valence-corrected chi connectivity index (χ2v) is 5.41. The second-order valence-electron chi connectivity index (χ2n) is 5.01. The van der Waals surface area contributed by atoms with Crippen LogP contribution in [0.5, 0.6) is 11.5 Å². The van der Waals surface area contributed by atoms with Crippen LogP contribution >= 0.6 is 11.6 Å². The van der Waals surface area contributed by atoms with Crippen LogP contribution < -0.4 is 44.1 Å². The molecule has 126 valence electrons.